The van der Waals surface area contributed by atoms with Crippen LogP contribution < -0.4 is 0 Å². The van der Waals surface area contributed by atoms with Crippen LogP contribution in [0, 0.1) is 0 Å². The predicted molar refractivity (Wildman–Crippen MR) is 72.3 cm³/mol. The number of aromatic carboxylic acids is 1. The molecule has 0 radical (unpaired) electrons. The first-order valence-corrected chi connectivity index (χ1v) is 6.84. The molecule has 2 heterocycles. The standard InChI is InChI=1S/C14H22N2O3/c1-3-16-7-4-11(5-8-16)15(2)10-13-12(14(17)18)6-9-19-13/h6,9,11H,3-5,7-8,10H2,1-2H3,(H,17,18). The maximum Gasteiger partial charge on any atom is 0.339 e. The first kappa shape index (κ1) is 14.1. The Balaban J connectivity index is 1.92. The molecule has 0 amide bonds. The molecule has 0 aromatic carbocycles. The van der Waals surface area contributed by atoms with E-state index in [4.69, 9.17) is 9.52 Å². The van der Waals surface area contributed by atoms with Crippen molar-refractivity contribution in [2.24, 2.45) is 0 Å². The Hall–Kier alpha value is -1.33. The van der Waals surface area contributed by atoms with Gasteiger partial charge in [0.05, 0.1) is 12.8 Å². The molecule has 1 aromatic heterocycles. The first-order chi connectivity index (χ1) is 9.11. The van der Waals surface area contributed by atoms with Crippen molar-refractivity contribution >= 4 is 5.97 Å². The van der Waals surface area contributed by atoms with E-state index in [1.165, 1.54) is 12.3 Å². The zero-order valence-corrected chi connectivity index (χ0v) is 11.6. The van der Waals surface area contributed by atoms with Crippen LogP contribution >= 0.6 is 0 Å². The molecule has 5 heteroatoms. The van der Waals surface area contributed by atoms with Crippen LogP contribution in [-0.4, -0.2) is 53.6 Å². The lowest BCUT2D eigenvalue weighted by Gasteiger charge is -2.36. The van der Waals surface area contributed by atoms with E-state index >= 15 is 0 Å². The van der Waals surface area contributed by atoms with E-state index < -0.39 is 5.97 Å². The van der Waals surface area contributed by atoms with E-state index in [0.717, 1.165) is 32.5 Å². The molecule has 0 spiro atoms. The van der Waals surface area contributed by atoms with E-state index in [1.54, 1.807) is 0 Å². The molecule has 0 atom stereocenters. The van der Waals surface area contributed by atoms with Gasteiger partial charge in [-0.1, -0.05) is 6.92 Å². The van der Waals surface area contributed by atoms with E-state index in [0.29, 0.717) is 18.3 Å². The number of rotatable bonds is 5. The Bertz CT molecular complexity index is 422. The molecule has 1 N–H and O–H groups in total. The third-order valence-corrected chi connectivity index (χ3v) is 4.00. The van der Waals surface area contributed by atoms with Gasteiger partial charge in [-0.15, -0.1) is 0 Å². The summed E-state index contributed by atoms with van der Waals surface area (Å²) in [6.45, 7) is 6.10. The molecule has 1 aliphatic heterocycles. The summed E-state index contributed by atoms with van der Waals surface area (Å²) in [6, 6.07) is 2.03. The number of carboxylic acid groups (broad SMARTS) is 1. The van der Waals surface area contributed by atoms with Gasteiger partial charge in [0.15, 0.2) is 0 Å². The molecule has 0 aliphatic carbocycles. The van der Waals surface area contributed by atoms with Crippen LogP contribution in [0.4, 0.5) is 0 Å². The highest BCUT2D eigenvalue weighted by Crippen LogP contribution is 2.19. The second kappa shape index (κ2) is 6.21. The Kier molecular flexibility index (Phi) is 4.61. The summed E-state index contributed by atoms with van der Waals surface area (Å²) >= 11 is 0. The zero-order chi connectivity index (χ0) is 13.8. The molecular weight excluding hydrogens is 244 g/mol. The molecule has 1 aliphatic rings. The van der Waals surface area contributed by atoms with Crippen LogP contribution in [0.2, 0.25) is 0 Å². The Labute approximate surface area is 113 Å². The zero-order valence-electron chi connectivity index (χ0n) is 11.6. The fraction of sp³-hybridized carbons (Fsp3) is 0.643. The van der Waals surface area contributed by atoms with Gasteiger partial charge in [-0.3, -0.25) is 4.90 Å². The van der Waals surface area contributed by atoms with E-state index in [2.05, 4.69) is 16.7 Å². The predicted octanol–water partition coefficient (Wildman–Crippen LogP) is 1.89. The van der Waals surface area contributed by atoms with Crippen LogP contribution in [-0.2, 0) is 6.54 Å². The van der Waals surface area contributed by atoms with Crippen LogP contribution in [0.25, 0.3) is 0 Å². The minimum absolute atomic E-state index is 0.276. The maximum absolute atomic E-state index is 11.0. The minimum Gasteiger partial charge on any atom is -0.478 e. The molecule has 0 bridgehead atoms. The molecule has 1 fully saturated rings. The van der Waals surface area contributed by atoms with Gasteiger partial charge in [-0.05, 0) is 45.6 Å². The van der Waals surface area contributed by atoms with E-state index in [-0.39, 0.29) is 5.56 Å². The molecule has 1 saturated heterocycles. The normalized spacial score (nSPS) is 18.1. The van der Waals surface area contributed by atoms with Gasteiger partial charge in [-0.25, -0.2) is 4.79 Å². The molecule has 106 valence electrons. The number of carboxylic acids is 1. The Morgan fingerprint density at radius 2 is 2.21 bits per heavy atom. The number of carbonyl (C=O) groups is 1. The summed E-state index contributed by atoms with van der Waals surface area (Å²) in [5, 5.41) is 9.06. The highest BCUT2D eigenvalue weighted by molar-refractivity contribution is 5.88. The highest BCUT2D eigenvalue weighted by atomic mass is 16.4. The van der Waals surface area contributed by atoms with Crippen LogP contribution in [0.5, 0.6) is 0 Å². The summed E-state index contributed by atoms with van der Waals surface area (Å²) in [5.41, 5.74) is 0.276. The van der Waals surface area contributed by atoms with Crippen molar-refractivity contribution in [2.75, 3.05) is 26.7 Å². The quantitative estimate of drug-likeness (QED) is 0.882. The monoisotopic (exact) mass is 266 g/mol. The molecule has 1 aromatic rings. The van der Waals surface area contributed by atoms with Gasteiger partial charge in [0.2, 0.25) is 0 Å². The molecule has 0 saturated carbocycles. The van der Waals surface area contributed by atoms with Crippen molar-refractivity contribution in [1.82, 2.24) is 9.80 Å². The van der Waals surface area contributed by atoms with Gasteiger partial charge in [0, 0.05) is 6.04 Å². The van der Waals surface area contributed by atoms with Crippen molar-refractivity contribution in [2.45, 2.75) is 32.4 Å². The second-order valence-electron chi connectivity index (χ2n) is 5.14. The topological polar surface area (TPSA) is 56.9 Å². The summed E-state index contributed by atoms with van der Waals surface area (Å²) in [4.78, 5) is 15.7. The van der Waals surface area contributed by atoms with Crippen molar-refractivity contribution in [1.29, 1.82) is 0 Å². The molecular formula is C14H22N2O3. The number of furan rings is 1. The largest absolute Gasteiger partial charge is 0.478 e. The summed E-state index contributed by atoms with van der Waals surface area (Å²) in [7, 11) is 2.04. The fourth-order valence-electron chi connectivity index (χ4n) is 2.69. The fourth-order valence-corrected chi connectivity index (χ4v) is 2.69. The molecule has 2 rings (SSSR count). The Morgan fingerprint density at radius 3 is 2.79 bits per heavy atom. The van der Waals surface area contributed by atoms with Crippen molar-refractivity contribution in [3.63, 3.8) is 0 Å². The third kappa shape index (κ3) is 3.36. The summed E-state index contributed by atoms with van der Waals surface area (Å²) in [6.07, 6.45) is 3.72. The average Bonchev–Trinajstić information content (AvgIpc) is 2.87. The number of likely N-dealkylation sites (tertiary alicyclic amines) is 1. The van der Waals surface area contributed by atoms with Gasteiger partial charge in [0.1, 0.15) is 11.3 Å². The number of piperidine rings is 1. The summed E-state index contributed by atoms with van der Waals surface area (Å²) < 4.78 is 5.30. The van der Waals surface area contributed by atoms with Gasteiger partial charge >= 0.3 is 5.97 Å². The summed E-state index contributed by atoms with van der Waals surface area (Å²) in [5.74, 6) is -0.370. The van der Waals surface area contributed by atoms with Crippen LogP contribution in [0.1, 0.15) is 35.9 Å². The van der Waals surface area contributed by atoms with Crippen molar-refractivity contribution < 1.29 is 14.3 Å². The number of hydrogen-bond donors (Lipinski definition) is 1. The second-order valence-corrected chi connectivity index (χ2v) is 5.14. The Morgan fingerprint density at radius 1 is 1.53 bits per heavy atom. The molecule has 5 nitrogen and oxygen atoms in total. The maximum atomic E-state index is 11.0. The average molecular weight is 266 g/mol. The van der Waals surface area contributed by atoms with Gasteiger partial charge in [-0.2, -0.15) is 0 Å². The third-order valence-electron chi connectivity index (χ3n) is 4.00. The molecule has 19 heavy (non-hydrogen) atoms. The lowest BCUT2D eigenvalue weighted by Crippen LogP contribution is -2.43. The van der Waals surface area contributed by atoms with Crippen LogP contribution in [0.3, 0.4) is 0 Å². The highest BCUT2D eigenvalue weighted by Gasteiger charge is 2.23. The smallest absolute Gasteiger partial charge is 0.339 e. The van der Waals surface area contributed by atoms with Crippen molar-refractivity contribution in [3.05, 3.63) is 23.7 Å². The molecule has 0 unspecified atom stereocenters. The lowest BCUT2D eigenvalue weighted by atomic mass is 10.0. The van der Waals surface area contributed by atoms with E-state index in [9.17, 15) is 4.79 Å². The lowest BCUT2D eigenvalue weighted by molar-refractivity contribution is 0.0690. The van der Waals surface area contributed by atoms with E-state index in [1.807, 2.05) is 7.05 Å². The first-order valence-electron chi connectivity index (χ1n) is 6.84. The van der Waals surface area contributed by atoms with Crippen molar-refractivity contribution in [3.8, 4) is 0 Å². The number of hydrogen-bond acceptors (Lipinski definition) is 4. The number of nitrogens with zero attached hydrogens (tertiary/aromatic N) is 2. The van der Waals surface area contributed by atoms with Crippen LogP contribution in [0.15, 0.2) is 16.7 Å². The van der Waals surface area contributed by atoms with Gasteiger partial charge < -0.3 is 14.4 Å². The SMILES string of the molecule is CCN1CCC(N(C)Cc2occc2C(=O)O)CC1. The van der Waals surface area contributed by atoms with Gasteiger partial charge in [0.25, 0.3) is 0 Å². The minimum atomic E-state index is -0.919.